The molecule has 1 aromatic carbocycles. The van der Waals surface area contributed by atoms with E-state index < -0.39 is 59.4 Å². The van der Waals surface area contributed by atoms with Crippen LogP contribution in [0.3, 0.4) is 0 Å². The summed E-state index contributed by atoms with van der Waals surface area (Å²) in [5.41, 5.74) is 0.0985. The number of halogens is 6. The van der Waals surface area contributed by atoms with Gasteiger partial charge in [0, 0.05) is 6.42 Å². The molecule has 1 atom stereocenters. The van der Waals surface area contributed by atoms with Gasteiger partial charge in [0.2, 0.25) is 5.91 Å². The molecule has 0 unspecified atom stereocenters. The molecule has 1 aromatic rings. The lowest BCUT2D eigenvalue weighted by Crippen LogP contribution is -2.42. The highest BCUT2D eigenvalue weighted by Gasteiger charge is 2.43. The van der Waals surface area contributed by atoms with Crippen LogP contribution in [0.1, 0.15) is 112 Å². The molecule has 0 fully saturated rings. The van der Waals surface area contributed by atoms with Gasteiger partial charge in [-0.25, -0.2) is 4.79 Å². The Morgan fingerprint density at radius 1 is 0.825 bits per heavy atom. The largest absolute Gasteiger partial charge is 0.454 e. The fourth-order valence-corrected chi connectivity index (χ4v) is 4.22. The standard InChI is InChI=1S/C28H40F6N2O4/c1-2-3-4-5-6-7-8-9-10-17-24(38)36-22(16-11-12-18-35)23(37)19-40-26(39)25-20(27(29,30)31)14-13-15-21(25)28(32,33)34/h13-15,22H,2-12,16-19,35H2,1H3,(H,36,38)/t22-/m0/s1. The molecule has 0 heterocycles. The molecule has 0 aliphatic carbocycles. The number of amides is 1. The summed E-state index contributed by atoms with van der Waals surface area (Å²) >= 11 is 0. The minimum Gasteiger partial charge on any atom is -0.454 e. The van der Waals surface area contributed by atoms with Gasteiger partial charge >= 0.3 is 18.3 Å². The Balaban J connectivity index is 2.76. The molecule has 0 aliphatic rings. The molecule has 0 aliphatic heterocycles. The van der Waals surface area contributed by atoms with Crippen LogP contribution in [0, 0.1) is 0 Å². The first kappa shape index (κ1) is 35.4. The van der Waals surface area contributed by atoms with Gasteiger partial charge in [-0.15, -0.1) is 0 Å². The van der Waals surface area contributed by atoms with Crippen LogP contribution < -0.4 is 11.1 Å². The summed E-state index contributed by atoms with van der Waals surface area (Å²) < 4.78 is 84.7. The number of benzene rings is 1. The Morgan fingerprint density at radius 2 is 1.35 bits per heavy atom. The molecule has 0 radical (unpaired) electrons. The second kappa shape index (κ2) is 17.9. The van der Waals surface area contributed by atoms with Crippen LogP contribution in [-0.2, 0) is 26.7 Å². The average molecular weight is 583 g/mol. The molecule has 228 valence electrons. The smallest absolute Gasteiger partial charge is 0.417 e. The summed E-state index contributed by atoms with van der Waals surface area (Å²) in [4.78, 5) is 37.6. The van der Waals surface area contributed by atoms with Crippen LogP contribution in [0.15, 0.2) is 18.2 Å². The highest BCUT2D eigenvalue weighted by Crippen LogP contribution is 2.39. The Bertz CT molecular complexity index is 902. The average Bonchev–Trinajstić information content (AvgIpc) is 2.88. The lowest BCUT2D eigenvalue weighted by molar-refractivity contribution is -0.144. The molecule has 1 rings (SSSR count). The Morgan fingerprint density at radius 3 is 1.85 bits per heavy atom. The van der Waals surface area contributed by atoms with Gasteiger partial charge in [-0.2, -0.15) is 26.3 Å². The molecule has 0 aromatic heterocycles. The van der Waals surface area contributed by atoms with Crippen molar-refractivity contribution >= 4 is 17.7 Å². The van der Waals surface area contributed by atoms with Crippen LogP contribution in [0.4, 0.5) is 26.3 Å². The number of alkyl halides is 6. The first-order valence-corrected chi connectivity index (χ1v) is 13.8. The topological polar surface area (TPSA) is 98.5 Å². The second-order valence-corrected chi connectivity index (χ2v) is 9.75. The third kappa shape index (κ3) is 13.1. The second-order valence-electron chi connectivity index (χ2n) is 9.75. The summed E-state index contributed by atoms with van der Waals surface area (Å²) in [5, 5.41) is 2.56. The number of nitrogens with one attached hydrogen (secondary N) is 1. The molecule has 1 amide bonds. The molecule has 0 bridgehead atoms. The van der Waals surface area contributed by atoms with Crippen LogP contribution in [0.2, 0.25) is 0 Å². The van der Waals surface area contributed by atoms with E-state index in [4.69, 9.17) is 5.73 Å². The zero-order valence-electron chi connectivity index (χ0n) is 22.9. The molecule has 3 N–H and O–H groups in total. The summed E-state index contributed by atoms with van der Waals surface area (Å²) in [6.45, 7) is 1.36. The number of rotatable bonds is 19. The van der Waals surface area contributed by atoms with Crippen molar-refractivity contribution in [2.24, 2.45) is 5.73 Å². The number of esters is 1. The van der Waals surface area contributed by atoms with Gasteiger partial charge < -0.3 is 15.8 Å². The number of ether oxygens (including phenoxy) is 1. The number of Topliss-reactive ketones (excluding diaryl/α,β-unsaturated/α-hetero) is 1. The predicted molar refractivity (Wildman–Crippen MR) is 138 cm³/mol. The minimum absolute atomic E-state index is 0.129. The van der Waals surface area contributed by atoms with E-state index in [-0.39, 0.29) is 12.8 Å². The highest BCUT2D eigenvalue weighted by molar-refractivity contribution is 5.96. The van der Waals surface area contributed by atoms with Crippen LogP contribution in [-0.4, -0.2) is 36.9 Å². The van der Waals surface area contributed by atoms with E-state index in [1.807, 2.05) is 0 Å². The molecular formula is C28H40F6N2O4. The first-order chi connectivity index (χ1) is 18.8. The normalized spacial score (nSPS) is 12.7. The van der Waals surface area contributed by atoms with Crippen molar-refractivity contribution in [2.45, 2.75) is 109 Å². The van der Waals surface area contributed by atoms with E-state index in [1.165, 1.54) is 25.7 Å². The lowest BCUT2D eigenvalue weighted by Gasteiger charge is -2.19. The summed E-state index contributed by atoms with van der Waals surface area (Å²) in [6, 6.07) is 0.0706. The van der Waals surface area contributed by atoms with Gasteiger partial charge in [0.1, 0.15) is 0 Å². The molecule has 6 nitrogen and oxygen atoms in total. The number of hydrogen-bond acceptors (Lipinski definition) is 5. The maximum atomic E-state index is 13.4. The summed E-state index contributed by atoms with van der Waals surface area (Å²) in [7, 11) is 0. The van der Waals surface area contributed by atoms with Crippen molar-refractivity contribution in [3.8, 4) is 0 Å². The zero-order valence-corrected chi connectivity index (χ0v) is 22.9. The number of nitrogens with two attached hydrogens (primary N) is 1. The Labute approximate surface area is 231 Å². The van der Waals surface area contributed by atoms with Crippen molar-refractivity contribution in [3.05, 3.63) is 34.9 Å². The van der Waals surface area contributed by atoms with Gasteiger partial charge in [0.05, 0.1) is 22.7 Å². The quantitative estimate of drug-likeness (QED) is 0.104. The van der Waals surface area contributed by atoms with Crippen molar-refractivity contribution in [1.29, 1.82) is 0 Å². The molecular weight excluding hydrogens is 542 g/mol. The first-order valence-electron chi connectivity index (χ1n) is 13.8. The summed E-state index contributed by atoms with van der Waals surface area (Å²) in [5.74, 6) is -3.19. The van der Waals surface area contributed by atoms with Crippen molar-refractivity contribution in [3.63, 3.8) is 0 Å². The van der Waals surface area contributed by atoms with Gasteiger partial charge in [-0.1, -0.05) is 64.4 Å². The van der Waals surface area contributed by atoms with Gasteiger partial charge in [0.15, 0.2) is 12.4 Å². The highest BCUT2D eigenvalue weighted by atomic mass is 19.4. The van der Waals surface area contributed by atoms with Crippen LogP contribution >= 0.6 is 0 Å². The third-order valence-electron chi connectivity index (χ3n) is 6.40. The number of hydrogen-bond donors (Lipinski definition) is 2. The third-order valence-corrected chi connectivity index (χ3v) is 6.40. The Hall–Kier alpha value is -2.63. The van der Waals surface area contributed by atoms with Crippen molar-refractivity contribution < 1.29 is 45.5 Å². The van der Waals surface area contributed by atoms with Crippen molar-refractivity contribution in [1.82, 2.24) is 5.32 Å². The van der Waals surface area contributed by atoms with E-state index in [9.17, 15) is 40.7 Å². The van der Waals surface area contributed by atoms with E-state index in [1.54, 1.807) is 0 Å². The van der Waals surface area contributed by atoms with Gasteiger partial charge in [-0.3, -0.25) is 9.59 Å². The zero-order chi connectivity index (χ0) is 30.2. The number of unbranched alkanes of at least 4 members (excludes halogenated alkanes) is 9. The minimum atomic E-state index is -5.27. The molecule has 0 saturated carbocycles. The van der Waals surface area contributed by atoms with E-state index >= 15 is 0 Å². The molecule has 0 saturated heterocycles. The fraction of sp³-hybridized carbons (Fsp3) is 0.679. The molecule has 0 spiro atoms. The van der Waals surface area contributed by atoms with Crippen LogP contribution in [0.25, 0.3) is 0 Å². The predicted octanol–water partition coefficient (Wildman–Crippen LogP) is 6.98. The van der Waals surface area contributed by atoms with E-state index in [0.717, 1.165) is 25.7 Å². The molecule has 12 heteroatoms. The van der Waals surface area contributed by atoms with E-state index in [2.05, 4.69) is 17.0 Å². The maximum absolute atomic E-state index is 13.4. The monoisotopic (exact) mass is 582 g/mol. The fourth-order valence-electron chi connectivity index (χ4n) is 4.22. The van der Waals surface area contributed by atoms with Gasteiger partial charge in [-0.05, 0) is 44.4 Å². The SMILES string of the molecule is CCCCCCCCCCCC(=O)N[C@@H](CCCCN)C(=O)COC(=O)c1c(C(F)(F)F)cccc1C(F)(F)F. The van der Waals surface area contributed by atoms with Crippen LogP contribution in [0.5, 0.6) is 0 Å². The van der Waals surface area contributed by atoms with Crippen molar-refractivity contribution in [2.75, 3.05) is 13.2 Å². The van der Waals surface area contributed by atoms with E-state index in [0.29, 0.717) is 44.0 Å². The number of carbonyl (C=O) groups excluding carboxylic acids is 3. The Kier molecular flexibility index (Phi) is 15.9. The number of ketones is 1. The summed E-state index contributed by atoms with van der Waals surface area (Å²) in [6.07, 6.45) is 0.126. The van der Waals surface area contributed by atoms with Gasteiger partial charge in [0.25, 0.3) is 0 Å². The lowest BCUT2D eigenvalue weighted by atomic mass is 10.00. The maximum Gasteiger partial charge on any atom is 0.417 e. The molecule has 40 heavy (non-hydrogen) atoms. The number of carbonyl (C=O) groups is 3.